The molecule has 0 unspecified atom stereocenters. The van der Waals surface area contributed by atoms with Crippen LogP contribution in [0.3, 0.4) is 0 Å². The van der Waals surface area contributed by atoms with E-state index < -0.39 is 6.04 Å². The van der Waals surface area contributed by atoms with E-state index in [2.05, 4.69) is 56.9 Å². The molecular formula is C25H26N6O. The summed E-state index contributed by atoms with van der Waals surface area (Å²) in [6.45, 7) is 4.58. The summed E-state index contributed by atoms with van der Waals surface area (Å²) in [5, 5.41) is 10.6. The Kier molecular flexibility index (Phi) is 6.67. The topological polar surface area (TPSA) is 84.7 Å². The summed E-state index contributed by atoms with van der Waals surface area (Å²) in [6.07, 6.45) is 4.13. The number of hydrogen-bond donors (Lipinski definition) is 2. The van der Waals surface area contributed by atoms with Gasteiger partial charge in [0.2, 0.25) is 5.91 Å². The van der Waals surface area contributed by atoms with Crippen molar-refractivity contribution in [3.8, 4) is 5.69 Å². The molecule has 32 heavy (non-hydrogen) atoms. The molecule has 4 aromatic rings. The van der Waals surface area contributed by atoms with Gasteiger partial charge in [0.1, 0.15) is 24.0 Å². The summed E-state index contributed by atoms with van der Waals surface area (Å²) in [5.41, 5.74) is 4.15. The van der Waals surface area contributed by atoms with E-state index in [9.17, 15) is 4.79 Å². The molecule has 0 radical (unpaired) electrons. The number of nitrogens with one attached hydrogen (secondary N) is 2. The third kappa shape index (κ3) is 5.44. The Hall–Kier alpha value is -3.84. The van der Waals surface area contributed by atoms with Crippen LogP contribution >= 0.6 is 0 Å². The molecule has 0 bridgehead atoms. The first kappa shape index (κ1) is 21.4. The van der Waals surface area contributed by atoms with Gasteiger partial charge in [-0.05, 0) is 43.5 Å². The zero-order valence-electron chi connectivity index (χ0n) is 18.2. The first-order valence-corrected chi connectivity index (χ1v) is 10.6. The maximum absolute atomic E-state index is 13.1. The molecule has 162 valence electrons. The van der Waals surface area contributed by atoms with Gasteiger partial charge in [-0.15, -0.1) is 0 Å². The lowest BCUT2D eigenvalue weighted by Crippen LogP contribution is -2.34. The second-order valence-corrected chi connectivity index (χ2v) is 7.66. The van der Waals surface area contributed by atoms with E-state index in [1.165, 1.54) is 11.1 Å². The Labute approximate surface area is 187 Å². The summed E-state index contributed by atoms with van der Waals surface area (Å²) >= 11 is 0. The largest absolute Gasteiger partial charge is 0.309 e. The molecule has 1 amide bonds. The van der Waals surface area contributed by atoms with Crippen LogP contribution in [0.5, 0.6) is 0 Å². The molecule has 7 heteroatoms. The molecule has 7 nitrogen and oxygen atoms in total. The number of carbonyl (C=O) groups excluding carboxylic acids is 1. The highest BCUT2D eigenvalue weighted by Gasteiger charge is 2.20. The van der Waals surface area contributed by atoms with E-state index in [4.69, 9.17) is 0 Å². The van der Waals surface area contributed by atoms with Crippen molar-refractivity contribution in [2.45, 2.75) is 26.3 Å². The van der Waals surface area contributed by atoms with E-state index in [1.54, 1.807) is 23.3 Å². The first-order valence-electron chi connectivity index (χ1n) is 10.6. The van der Waals surface area contributed by atoms with Crippen LogP contribution in [0.4, 0.5) is 5.82 Å². The molecule has 0 spiro atoms. The molecule has 2 aromatic heterocycles. The Morgan fingerprint density at radius 3 is 2.41 bits per heavy atom. The molecule has 0 aliphatic heterocycles. The third-order valence-electron chi connectivity index (χ3n) is 5.15. The van der Waals surface area contributed by atoms with Crippen molar-refractivity contribution in [2.75, 3.05) is 11.9 Å². The summed E-state index contributed by atoms with van der Waals surface area (Å²) in [5.74, 6) is 1.01. The second-order valence-electron chi connectivity index (χ2n) is 7.66. The summed E-state index contributed by atoms with van der Waals surface area (Å²) in [7, 11) is 0. The van der Waals surface area contributed by atoms with Gasteiger partial charge in [-0.25, -0.2) is 14.6 Å². The number of aromatic nitrogens is 4. The molecule has 0 saturated heterocycles. The standard InChI is InChI=1S/C25H26N6O/c1-18-8-10-20(11-9-18)14-15-26-24(21-6-4-3-5-7-21)25(32)29-23-13-12-22(16-27-23)31-17-28-19(2)30-31/h3-13,16-17,24,26H,14-15H2,1-2H3,(H,27,29,32)/t24-/m1/s1. The lowest BCUT2D eigenvalue weighted by Gasteiger charge is -2.19. The monoisotopic (exact) mass is 426 g/mol. The minimum atomic E-state index is -0.485. The summed E-state index contributed by atoms with van der Waals surface area (Å²) in [4.78, 5) is 21.6. The number of pyridine rings is 1. The van der Waals surface area contributed by atoms with Crippen molar-refractivity contribution < 1.29 is 4.79 Å². The van der Waals surface area contributed by atoms with Crippen LogP contribution in [0.1, 0.15) is 28.6 Å². The molecule has 2 aromatic carbocycles. The van der Waals surface area contributed by atoms with Crippen LogP contribution in [-0.2, 0) is 11.2 Å². The molecule has 2 heterocycles. The normalized spacial score (nSPS) is 11.8. The number of hydrogen-bond acceptors (Lipinski definition) is 5. The van der Waals surface area contributed by atoms with Gasteiger partial charge in [-0.1, -0.05) is 60.2 Å². The average Bonchev–Trinajstić information content (AvgIpc) is 3.25. The highest BCUT2D eigenvalue weighted by atomic mass is 16.2. The van der Waals surface area contributed by atoms with Crippen LogP contribution in [0, 0.1) is 13.8 Å². The van der Waals surface area contributed by atoms with Crippen LogP contribution in [0.2, 0.25) is 0 Å². The summed E-state index contributed by atoms with van der Waals surface area (Å²) in [6, 6.07) is 21.3. The lowest BCUT2D eigenvalue weighted by molar-refractivity contribution is -0.118. The van der Waals surface area contributed by atoms with Gasteiger partial charge in [-0.3, -0.25) is 4.79 Å². The van der Waals surface area contributed by atoms with E-state index in [1.807, 2.05) is 43.3 Å². The molecule has 2 N–H and O–H groups in total. The van der Waals surface area contributed by atoms with Crippen molar-refractivity contribution in [1.82, 2.24) is 25.1 Å². The fourth-order valence-corrected chi connectivity index (χ4v) is 3.39. The number of nitrogens with zero attached hydrogens (tertiary/aromatic N) is 4. The van der Waals surface area contributed by atoms with Gasteiger partial charge in [0, 0.05) is 6.54 Å². The number of benzene rings is 2. The number of carbonyl (C=O) groups is 1. The zero-order valence-corrected chi connectivity index (χ0v) is 18.2. The van der Waals surface area contributed by atoms with Crippen molar-refractivity contribution >= 4 is 11.7 Å². The SMILES string of the molecule is Cc1ccc(CCN[C@@H](C(=O)Nc2ccc(-n3cnc(C)n3)cn2)c2ccccc2)cc1. The molecule has 1 atom stereocenters. The van der Waals surface area contributed by atoms with Gasteiger partial charge < -0.3 is 10.6 Å². The van der Waals surface area contributed by atoms with Crippen molar-refractivity contribution in [2.24, 2.45) is 0 Å². The van der Waals surface area contributed by atoms with Gasteiger partial charge in [0.15, 0.2) is 0 Å². The van der Waals surface area contributed by atoms with E-state index in [0.717, 1.165) is 17.7 Å². The van der Waals surface area contributed by atoms with Crippen molar-refractivity contribution in [3.05, 3.63) is 102 Å². The second kappa shape index (κ2) is 9.98. The van der Waals surface area contributed by atoms with Gasteiger partial charge in [0.05, 0.1) is 11.9 Å². The first-order chi connectivity index (χ1) is 15.6. The predicted octanol–water partition coefficient (Wildman–Crippen LogP) is 3.79. The van der Waals surface area contributed by atoms with E-state index in [-0.39, 0.29) is 5.91 Å². The minimum Gasteiger partial charge on any atom is -0.309 e. The van der Waals surface area contributed by atoms with E-state index in [0.29, 0.717) is 18.2 Å². The minimum absolute atomic E-state index is 0.156. The highest BCUT2D eigenvalue weighted by Crippen LogP contribution is 2.16. The fourth-order valence-electron chi connectivity index (χ4n) is 3.39. The highest BCUT2D eigenvalue weighted by molar-refractivity contribution is 5.94. The van der Waals surface area contributed by atoms with Crippen LogP contribution in [0.15, 0.2) is 79.3 Å². The van der Waals surface area contributed by atoms with Crippen molar-refractivity contribution in [1.29, 1.82) is 0 Å². The lowest BCUT2D eigenvalue weighted by atomic mass is 10.1. The molecular weight excluding hydrogens is 400 g/mol. The van der Waals surface area contributed by atoms with E-state index >= 15 is 0 Å². The molecule has 0 aliphatic rings. The maximum Gasteiger partial charge on any atom is 0.247 e. The molecule has 0 fully saturated rings. The molecule has 4 rings (SSSR count). The summed E-state index contributed by atoms with van der Waals surface area (Å²) < 4.78 is 1.65. The van der Waals surface area contributed by atoms with Crippen LogP contribution < -0.4 is 10.6 Å². The Balaban J connectivity index is 1.43. The Morgan fingerprint density at radius 1 is 0.969 bits per heavy atom. The van der Waals surface area contributed by atoms with Crippen LogP contribution in [-0.4, -0.2) is 32.2 Å². The van der Waals surface area contributed by atoms with Gasteiger partial charge in [-0.2, -0.15) is 5.10 Å². The number of rotatable bonds is 8. The molecule has 0 aliphatic carbocycles. The number of anilines is 1. The average molecular weight is 427 g/mol. The predicted molar refractivity (Wildman–Crippen MR) is 125 cm³/mol. The zero-order chi connectivity index (χ0) is 22.3. The van der Waals surface area contributed by atoms with Crippen LogP contribution in [0.25, 0.3) is 5.69 Å². The third-order valence-corrected chi connectivity index (χ3v) is 5.15. The fraction of sp³-hybridized carbons (Fsp3) is 0.200. The molecule has 0 saturated carbocycles. The Bertz CT molecular complexity index is 1150. The van der Waals surface area contributed by atoms with Gasteiger partial charge >= 0.3 is 0 Å². The smallest absolute Gasteiger partial charge is 0.247 e. The Morgan fingerprint density at radius 2 is 1.75 bits per heavy atom. The number of aryl methyl sites for hydroxylation is 2. The van der Waals surface area contributed by atoms with Crippen molar-refractivity contribution in [3.63, 3.8) is 0 Å². The maximum atomic E-state index is 13.1. The quantitative estimate of drug-likeness (QED) is 0.448. The van der Waals surface area contributed by atoms with Gasteiger partial charge in [0.25, 0.3) is 0 Å². The number of amides is 1.